The maximum Gasteiger partial charge on any atom is 0.420 e. The van der Waals surface area contributed by atoms with Gasteiger partial charge in [0, 0.05) is 17.8 Å². The first-order valence-electron chi connectivity index (χ1n) is 8.12. The van der Waals surface area contributed by atoms with Crippen molar-refractivity contribution in [3.05, 3.63) is 36.0 Å². The average Bonchev–Trinajstić information content (AvgIpc) is 2.60. The molecule has 9 heteroatoms. The van der Waals surface area contributed by atoms with E-state index in [-0.39, 0.29) is 17.3 Å². The van der Waals surface area contributed by atoms with Gasteiger partial charge in [-0.2, -0.15) is 0 Å². The lowest BCUT2D eigenvalue weighted by atomic mass is 9.83. The smallest absolute Gasteiger partial charge is 0.373 e. The summed E-state index contributed by atoms with van der Waals surface area (Å²) in [7, 11) is 0. The van der Waals surface area contributed by atoms with Crippen LogP contribution in [0.2, 0.25) is 0 Å². The summed E-state index contributed by atoms with van der Waals surface area (Å²) in [6.45, 7) is 0. The Hall–Kier alpha value is -3.23. The number of pyridine rings is 1. The number of hydrogen-bond acceptors (Lipinski definition) is 7. The standard InChI is InChI=1S/C17H19N3O6/c18-16(23)25-14(21)10-12(11-6-2-1-3-7-11)15(22)26-17(24)20-13-8-4-5-9-19-13/h4-5,8-11H,1-3,6-7H2,(H2,18,23)(H,19,20,24)/b12-10-. The van der Waals surface area contributed by atoms with Crippen LogP contribution in [0.3, 0.4) is 0 Å². The first-order valence-corrected chi connectivity index (χ1v) is 8.12. The van der Waals surface area contributed by atoms with Gasteiger partial charge in [-0.25, -0.2) is 24.2 Å². The molecule has 0 radical (unpaired) electrons. The average molecular weight is 361 g/mol. The molecule has 1 aliphatic carbocycles. The number of amides is 2. The third kappa shape index (κ3) is 6.00. The Bertz CT molecular complexity index is 710. The van der Waals surface area contributed by atoms with Crippen molar-refractivity contribution in [2.45, 2.75) is 32.1 Å². The topological polar surface area (TPSA) is 138 Å². The van der Waals surface area contributed by atoms with E-state index in [2.05, 4.69) is 15.0 Å². The third-order valence-corrected chi connectivity index (χ3v) is 3.84. The lowest BCUT2D eigenvalue weighted by Crippen LogP contribution is -2.25. The number of carbonyl (C=O) groups is 4. The molecule has 0 aromatic carbocycles. The summed E-state index contributed by atoms with van der Waals surface area (Å²) in [5.74, 6) is -2.12. The van der Waals surface area contributed by atoms with Crippen LogP contribution in [0.25, 0.3) is 0 Å². The molecular formula is C17H19N3O6. The number of nitrogens with zero attached hydrogens (tertiary/aromatic N) is 1. The predicted octanol–water partition coefficient (Wildman–Crippen LogP) is 2.29. The molecule has 0 unspecified atom stereocenters. The second-order valence-corrected chi connectivity index (χ2v) is 5.69. The molecule has 3 N–H and O–H groups in total. The van der Waals surface area contributed by atoms with Gasteiger partial charge in [0.1, 0.15) is 5.82 Å². The van der Waals surface area contributed by atoms with E-state index in [4.69, 9.17) is 10.5 Å². The number of anilines is 1. The van der Waals surface area contributed by atoms with Crippen molar-refractivity contribution in [1.82, 2.24) is 4.98 Å². The predicted molar refractivity (Wildman–Crippen MR) is 89.7 cm³/mol. The van der Waals surface area contributed by atoms with Crippen molar-refractivity contribution in [2.24, 2.45) is 11.7 Å². The van der Waals surface area contributed by atoms with Crippen LogP contribution in [-0.4, -0.2) is 29.1 Å². The molecule has 1 saturated carbocycles. The number of esters is 2. The fourth-order valence-electron chi connectivity index (χ4n) is 2.72. The van der Waals surface area contributed by atoms with Crippen LogP contribution in [0.1, 0.15) is 32.1 Å². The maximum atomic E-state index is 12.4. The van der Waals surface area contributed by atoms with Crippen LogP contribution in [-0.2, 0) is 19.1 Å². The van der Waals surface area contributed by atoms with Crippen molar-refractivity contribution in [2.75, 3.05) is 5.32 Å². The molecule has 0 aliphatic heterocycles. The van der Waals surface area contributed by atoms with E-state index < -0.39 is 24.1 Å². The highest BCUT2D eigenvalue weighted by atomic mass is 16.6. The molecule has 2 rings (SSSR count). The van der Waals surface area contributed by atoms with Crippen molar-refractivity contribution < 1.29 is 28.7 Å². The Kier molecular flexibility index (Phi) is 6.84. The van der Waals surface area contributed by atoms with Crippen LogP contribution >= 0.6 is 0 Å². The molecular weight excluding hydrogens is 342 g/mol. The summed E-state index contributed by atoms with van der Waals surface area (Å²) < 4.78 is 8.98. The molecule has 1 aliphatic rings. The van der Waals surface area contributed by atoms with Gasteiger partial charge >= 0.3 is 24.1 Å². The number of nitrogens with two attached hydrogens (primary N) is 1. The van der Waals surface area contributed by atoms with Gasteiger partial charge in [-0.3, -0.25) is 5.32 Å². The fraction of sp³-hybridized carbons (Fsp3) is 0.353. The minimum atomic E-state index is -1.28. The molecule has 1 aromatic rings. The molecule has 26 heavy (non-hydrogen) atoms. The number of rotatable bonds is 4. The largest absolute Gasteiger partial charge is 0.420 e. The number of primary amides is 1. The minimum absolute atomic E-state index is 0.0212. The second kappa shape index (κ2) is 9.30. The highest BCUT2D eigenvalue weighted by Gasteiger charge is 2.27. The Morgan fingerprint density at radius 3 is 2.46 bits per heavy atom. The molecule has 9 nitrogen and oxygen atoms in total. The zero-order valence-corrected chi connectivity index (χ0v) is 14.0. The molecule has 0 saturated heterocycles. The van der Waals surface area contributed by atoms with Gasteiger partial charge in [-0.05, 0) is 30.9 Å². The summed E-state index contributed by atoms with van der Waals surface area (Å²) in [5, 5.41) is 2.31. The minimum Gasteiger partial charge on any atom is -0.373 e. The normalized spacial score (nSPS) is 15.0. The number of carbonyl (C=O) groups excluding carboxylic acids is 4. The first kappa shape index (κ1) is 19.1. The maximum absolute atomic E-state index is 12.4. The highest BCUT2D eigenvalue weighted by Crippen LogP contribution is 2.30. The Balaban J connectivity index is 2.08. The van der Waals surface area contributed by atoms with Crippen LogP contribution in [0.5, 0.6) is 0 Å². The number of aromatic nitrogens is 1. The van der Waals surface area contributed by atoms with E-state index in [0.29, 0.717) is 12.8 Å². The van der Waals surface area contributed by atoms with E-state index in [1.165, 1.54) is 12.3 Å². The molecule has 2 amide bonds. The summed E-state index contributed by atoms with van der Waals surface area (Å²) in [5.41, 5.74) is 4.77. The molecule has 138 valence electrons. The van der Waals surface area contributed by atoms with Crippen molar-refractivity contribution in [3.63, 3.8) is 0 Å². The van der Waals surface area contributed by atoms with E-state index in [1.807, 2.05) is 0 Å². The highest BCUT2D eigenvalue weighted by molar-refractivity contribution is 6.04. The summed E-state index contributed by atoms with van der Waals surface area (Å²) in [6.07, 6.45) is 4.10. The van der Waals surface area contributed by atoms with E-state index >= 15 is 0 Å². The van der Waals surface area contributed by atoms with Crippen molar-refractivity contribution in [3.8, 4) is 0 Å². The zero-order valence-electron chi connectivity index (χ0n) is 14.0. The van der Waals surface area contributed by atoms with E-state index in [1.54, 1.807) is 12.1 Å². The molecule has 1 heterocycles. The monoisotopic (exact) mass is 361 g/mol. The molecule has 0 atom stereocenters. The van der Waals surface area contributed by atoms with Crippen LogP contribution < -0.4 is 11.1 Å². The lowest BCUT2D eigenvalue weighted by molar-refractivity contribution is -0.135. The summed E-state index contributed by atoms with van der Waals surface area (Å²) >= 11 is 0. The van der Waals surface area contributed by atoms with Crippen molar-refractivity contribution in [1.29, 1.82) is 0 Å². The first-order chi connectivity index (χ1) is 12.5. The lowest BCUT2D eigenvalue weighted by Gasteiger charge is -2.22. The Labute approximate surface area is 149 Å². The molecule has 1 aromatic heterocycles. The van der Waals surface area contributed by atoms with Gasteiger partial charge in [0.2, 0.25) is 0 Å². The molecule has 0 spiro atoms. The van der Waals surface area contributed by atoms with Gasteiger partial charge in [-0.15, -0.1) is 0 Å². The second-order valence-electron chi connectivity index (χ2n) is 5.69. The van der Waals surface area contributed by atoms with Crippen LogP contribution in [0, 0.1) is 5.92 Å². The zero-order chi connectivity index (χ0) is 18.9. The van der Waals surface area contributed by atoms with Gasteiger partial charge < -0.3 is 15.2 Å². The number of nitrogens with one attached hydrogen (secondary N) is 1. The molecule has 0 bridgehead atoms. The van der Waals surface area contributed by atoms with Gasteiger partial charge in [0.15, 0.2) is 0 Å². The number of ether oxygens (including phenoxy) is 2. The van der Waals surface area contributed by atoms with Crippen LogP contribution in [0.4, 0.5) is 15.4 Å². The van der Waals surface area contributed by atoms with Gasteiger partial charge in [0.25, 0.3) is 0 Å². The molecule has 1 fully saturated rings. The van der Waals surface area contributed by atoms with E-state index in [9.17, 15) is 19.2 Å². The summed E-state index contributed by atoms with van der Waals surface area (Å²) in [6, 6.07) is 4.83. The SMILES string of the molecule is NC(=O)OC(=O)/C=C(\C(=O)OC(=O)Nc1ccccn1)C1CCCCC1. The number of hydrogen-bond donors (Lipinski definition) is 2. The Morgan fingerprint density at radius 2 is 1.85 bits per heavy atom. The van der Waals surface area contributed by atoms with Crippen molar-refractivity contribution >= 4 is 29.9 Å². The fourth-order valence-corrected chi connectivity index (χ4v) is 2.72. The van der Waals surface area contributed by atoms with E-state index in [0.717, 1.165) is 25.3 Å². The summed E-state index contributed by atoms with van der Waals surface area (Å²) in [4.78, 5) is 50.5. The van der Waals surface area contributed by atoms with Gasteiger partial charge in [-0.1, -0.05) is 25.3 Å². The third-order valence-electron chi connectivity index (χ3n) is 3.84. The Morgan fingerprint density at radius 1 is 1.12 bits per heavy atom. The van der Waals surface area contributed by atoms with Crippen LogP contribution in [0.15, 0.2) is 36.0 Å². The van der Waals surface area contributed by atoms with Gasteiger partial charge in [0.05, 0.1) is 0 Å². The quantitative estimate of drug-likeness (QED) is 0.476.